The lowest BCUT2D eigenvalue weighted by Gasteiger charge is -2.20. The molecule has 0 amide bonds. The third-order valence-corrected chi connectivity index (χ3v) is 8.06. The summed E-state index contributed by atoms with van der Waals surface area (Å²) in [7, 11) is -15.3. The summed E-state index contributed by atoms with van der Waals surface area (Å²) in [5.74, 6) is 0. The zero-order chi connectivity index (χ0) is 23.4. The Morgan fingerprint density at radius 3 is 2.39 bits per heavy atom. The molecule has 1 aliphatic rings. The third-order valence-electron chi connectivity index (χ3n) is 3.90. The molecule has 3 rings (SSSR count). The normalized spacial score (nSPS) is 28.5. The smallest absolute Gasteiger partial charge is 0.385 e. The molecule has 6 atom stereocenters. The molecule has 1 fully saturated rings. The second-order valence-electron chi connectivity index (χ2n) is 6.21. The van der Waals surface area contributed by atoms with Gasteiger partial charge >= 0.3 is 23.5 Å². The minimum atomic E-state index is -5.76. The molecule has 0 aromatic carbocycles. The summed E-state index contributed by atoms with van der Waals surface area (Å²) < 4.78 is 53.8. The average Bonchev–Trinajstić information content (AvgIpc) is 3.04. The van der Waals surface area contributed by atoms with E-state index in [0.29, 0.717) is 10.4 Å². The summed E-state index contributed by atoms with van der Waals surface area (Å²) in [6.07, 6.45) is -4.27. The Kier molecular flexibility index (Phi) is 6.87. The number of aliphatic hydroxyl groups excluding tert-OH is 2. The van der Waals surface area contributed by atoms with E-state index in [1.165, 1.54) is 17.1 Å². The number of phosphoric acid groups is 3. The van der Waals surface area contributed by atoms with Crippen molar-refractivity contribution in [3.05, 3.63) is 18.6 Å². The Labute approximate surface area is 178 Å². The van der Waals surface area contributed by atoms with Gasteiger partial charge in [-0.15, -0.1) is 12.6 Å². The number of aryl methyl sites for hydroxylation is 1. The van der Waals surface area contributed by atoms with Crippen LogP contribution in [0.15, 0.2) is 23.5 Å². The van der Waals surface area contributed by atoms with Crippen molar-refractivity contribution in [2.75, 3.05) is 0 Å². The van der Waals surface area contributed by atoms with E-state index in [-0.39, 0.29) is 5.65 Å². The molecule has 16 nitrogen and oxygen atoms in total. The van der Waals surface area contributed by atoms with Crippen molar-refractivity contribution in [1.82, 2.24) is 9.55 Å². The molecule has 0 saturated carbocycles. The maximum atomic E-state index is 12.0. The van der Waals surface area contributed by atoms with Gasteiger partial charge in [0.05, 0.1) is 11.9 Å². The number of fused-ring (bicyclic) bond motifs is 1. The molecule has 31 heavy (non-hydrogen) atoms. The zero-order valence-corrected chi connectivity index (χ0v) is 18.8. The van der Waals surface area contributed by atoms with E-state index in [4.69, 9.17) is 14.5 Å². The number of phosphoric ester groups is 1. The highest BCUT2D eigenvalue weighted by atomic mass is 32.1. The SMILES string of the molecule is C[n+]1cn(C2OC(OP(=O)(O)OP(=O)(O)OP(=O)(O)O)C(O)C2O)c2nccc(S)c21. The second kappa shape index (κ2) is 8.56. The van der Waals surface area contributed by atoms with Gasteiger partial charge in [0.15, 0.2) is 6.10 Å². The van der Waals surface area contributed by atoms with Gasteiger partial charge in [-0.05, 0) is 6.07 Å². The number of ether oxygens (including phenoxy) is 1. The average molecular weight is 524 g/mol. The van der Waals surface area contributed by atoms with Crippen LogP contribution in [-0.4, -0.2) is 57.8 Å². The molecule has 6 unspecified atom stereocenters. The van der Waals surface area contributed by atoms with Crippen LogP contribution in [0, 0.1) is 0 Å². The summed E-state index contributed by atoms with van der Waals surface area (Å²) in [6.45, 7) is 0. The van der Waals surface area contributed by atoms with Crippen LogP contribution in [-0.2, 0) is 38.6 Å². The van der Waals surface area contributed by atoms with Gasteiger partial charge in [-0.1, -0.05) is 0 Å². The Morgan fingerprint density at radius 2 is 1.77 bits per heavy atom. The van der Waals surface area contributed by atoms with Gasteiger partial charge in [-0.25, -0.2) is 23.2 Å². The first-order valence-corrected chi connectivity index (χ1v) is 12.9. The number of pyridine rings is 1. The van der Waals surface area contributed by atoms with Gasteiger partial charge in [0, 0.05) is 6.20 Å². The fourth-order valence-electron chi connectivity index (χ4n) is 2.82. The predicted molar refractivity (Wildman–Crippen MR) is 99.0 cm³/mol. The molecule has 2 aromatic rings. The van der Waals surface area contributed by atoms with Crippen LogP contribution in [0.5, 0.6) is 0 Å². The highest BCUT2D eigenvalue weighted by Gasteiger charge is 2.52. The van der Waals surface area contributed by atoms with Crippen molar-refractivity contribution >= 4 is 47.3 Å². The van der Waals surface area contributed by atoms with Crippen molar-refractivity contribution in [1.29, 1.82) is 0 Å². The molecule has 3 heterocycles. The number of imidazole rings is 1. The molecule has 1 saturated heterocycles. The van der Waals surface area contributed by atoms with E-state index < -0.39 is 48.2 Å². The van der Waals surface area contributed by atoms with Gasteiger partial charge < -0.3 is 34.5 Å². The monoisotopic (exact) mass is 524 g/mol. The molecule has 2 aromatic heterocycles. The lowest BCUT2D eigenvalue weighted by Crippen LogP contribution is -2.33. The first-order valence-electron chi connectivity index (χ1n) is 7.98. The van der Waals surface area contributed by atoms with E-state index in [1.54, 1.807) is 17.7 Å². The topological polar surface area (TPSA) is 231 Å². The molecule has 0 spiro atoms. The standard InChI is InChI=1S/C11H16N3O13P3S/c1-13-4-14(9-6(13)5(31)2-3-12-9)10-7(15)8(16)11(24-10)25-29(20,21)27-30(22,23)26-28(17,18)19/h2-4,7-8,10-11,15-16H,1H3,(H4-,12,17,18,19,20,21,22,23,31)/p+1. The summed E-state index contributed by atoms with van der Waals surface area (Å²) in [6, 6.07) is 1.61. The number of hydrogen-bond donors (Lipinski definition) is 7. The molecule has 0 aliphatic carbocycles. The summed E-state index contributed by atoms with van der Waals surface area (Å²) >= 11 is 4.30. The van der Waals surface area contributed by atoms with Gasteiger partial charge in [0.1, 0.15) is 6.10 Å². The minimum absolute atomic E-state index is 0.269. The predicted octanol–water partition coefficient (Wildman–Crippen LogP) is -0.931. The largest absolute Gasteiger partial charge is 0.490 e. The van der Waals surface area contributed by atoms with Crippen molar-refractivity contribution in [3.8, 4) is 0 Å². The van der Waals surface area contributed by atoms with Crippen molar-refractivity contribution in [3.63, 3.8) is 0 Å². The summed E-state index contributed by atoms with van der Waals surface area (Å²) in [5.41, 5.74) is 0.803. The second-order valence-corrected chi connectivity index (χ2v) is 11.1. The van der Waals surface area contributed by atoms with Crippen molar-refractivity contribution in [2.24, 2.45) is 7.05 Å². The Balaban J connectivity index is 1.82. The van der Waals surface area contributed by atoms with Crippen molar-refractivity contribution < 1.29 is 65.9 Å². The Bertz CT molecular complexity index is 1140. The lowest BCUT2D eigenvalue weighted by molar-refractivity contribution is -0.647. The van der Waals surface area contributed by atoms with Crippen LogP contribution in [0.3, 0.4) is 0 Å². The number of aromatic nitrogens is 3. The number of thiol groups is 1. The van der Waals surface area contributed by atoms with Crippen LogP contribution in [0.4, 0.5) is 0 Å². The minimum Gasteiger partial charge on any atom is -0.385 e. The number of hydrogen-bond acceptors (Lipinski definition) is 11. The highest BCUT2D eigenvalue weighted by molar-refractivity contribution is 7.80. The fourth-order valence-corrected chi connectivity index (χ4v) is 6.24. The van der Waals surface area contributed by atoms with Crippen LogP contribution < -0.4 is 4.57 Å². The van der Waals surface area contributed by atoms with Crippen LogP contribution >= 0.6 is 36.1 Å². The number of rotatable bonds is 7. The maximum Gasteiger partial charge on any atom is 0.490 e. The van der Waals surface area contributed by atoms with Gasteiger partial charge in [0.2, 0.25) is 24.4 Å². The molecule has 6 N–H and O–H groups in total. The van der Waals surface area contributed by atoms with Crippen molar-refractivity contribution in [2.45, 2.75) is 29.6 Å². The van der Waals surface area contributed by atoms with E-state index in [0.717, 1.165) is 0 Å². The zero-order valence-electron chi connectivity index (χ0n) is 15.2. The molecular weight excluding hydrogens is 507 g/mol. The Morgan fingerprint density at radius 1 is 1.13 bits per heavy atom. The summed E-state index contributed by atoms with van der Waals surface area (Å²) in [5, 5.41) is 20.5. The number of aliphatic hydroxyl groups is 2. The highest BCUT2D eigenvalue weighted by Crippen LogP contribution is 2.66. The quantitative estimate of drug-likeness (QED) is 0.132. The maximum absolute atomic E-state index is 12.0. The van der Waals surface area contributed by atoms with E-state index >= 15 is 0 Å². The Hall–Kier alpha value is -0.740. The molecule has 0 radical (unpaired) electrons. The summed E-state index contributed by atoms with van der Waals surface area (Å²) in [4.78, 5) is 40.5. The first kappa shape index (κ1) is 24.9. The fraction of sp³-hybridized carbons (Fsp3) is 0.455. The molecule has 174 valence electrons. The van der Waals surface area contributed by atoms with Crippen LogP contribution in [0.25, 0.3) is 11.2 Å². The third kappa shape index (κ3) is 5.61. The molecule has 20 heteroatoms. The number of nitrogens with zero attached hydrogens (tertiary/aromatic N) is 3. The van der Waals surface area contributed by atoms with Gasteiger partial charge in [-0.2, -0.15) is 13.2 Å². The van der Waals surface area contributed by atoms with Gasteiger partial charge in [0.25, 0.3) is 5.65 Å². The van der Waals surface area contributed by atoms with Crippen LogP contribution in [0.2, 0.25) is 0 Å². The molecule has 0 bridgehead atoms. The van der Waals surface area contributed by atoms with E-state index in [1.807, 2.05) is 0 Å². The molecular formula is C11H17N3O13P3S+. The van der Waals surface area contributed by atoms with Crippen LogP contribution in [0.1, 0.15) is 6.23 Å². The van der Waals surface area contributed by atoms with E-state index in [9.17, 15) is 33.7 Å². The first-order chi connectivity index (χ1) is 14.1. The van der Waals surface area contributed by atoms with Gasteiger partial charge in [-0.3, -0.25) is 4.52 Å². The lowest BCUT2D eigenvalue weighted by atomic mass is 10.2. The van der Waals surface area contributed by atoms with E-state index in [2.05, 4.69) is 30.8 Å². The molecule has 1 aliphatic heterocycles.